The molecular formula is C4H20AuClO12P4. The minimum absolute atomic E-state index is 1.38. The van der Waals surface area contributed by atoms with Crippen molar-refractivity contribution < 1.29 is 81.3 Å². The Labute approximate surface area is 150 Å². The predicted octanol–water partition coefficient (Wildman–Crippen LogP) is -5.51. The van der Waals surface area contributed by atoms with Gasteiger partial charge in [-0.2, -0.15) is 0 Å². The molecule has 0 aromatic rings. The van der Waals surface area contributed by atoms with Gasteiger partial charge in [-0.3, -0.25) is 0 Å². The Morgan fingerprint density at radius 3 is 0.409 bits per heavy atom. The second kappa shape index (κ2) is 16.7. The Balaban J connectivity index is -0.0000000562. The third-order valence-electron chi connectivity index (χ3n) is 0. The molecule has 12 nitrogen and oxygen atoms in total. The molecule has 0 rings (SSSR count). The molecule has 0 aromatic carbocycles. The van der Waals surface area contributed by atoms with Gasteiger partial charge in [-0.05, 0) is 37.0 Å². The van der Waals surface area contributed by atoms with Gasteiger partial charge in [-0.15, -0.1) is 0 Å². The summed E-state index contributed by atoms with van der Waals surface area (Å²) in [5.41, 5.74) is -10.3. The maximum atomic E-state index is 7.59. The molecule has 18 heteroatoms. The number of rotatable bonds is 0. The van der Waals surface area contributed by atoms with E-state index in [-0.39, 0.29) is 0 Å². The van der Waals surface area contributed by atoms with Crippen LogP contribution < -0.4 is 0 Å². The van der Waals surface area contributed by atoms with Crippen molar-refractivity contribution in [2.24, 2.45) is 0 Å². The second-order valence-electron chi connectivity index (χ2n) is 2.75. The summed E-state index contributed by atoms with van der Waals surface area (Å²) in [7, 11) is 10.1. The zero-order valence-electron chi connectivity index (χ0n) is 10.4. The molecule has 0 aliphatic rings. The Bertz CT molecular complexity index is 149. The van der Waals surface area contributed by atoms with Crippen molar-refractivity contribution in [3.05, 3.63) is 0 Å². The van der Waals surface area contributed by atoms with Crippen LogP contribution in [0.1, 0.15) is 0 Å². The third kappa shape index (κ3) is 1950. The summed E-state index contributed by atoms with van der Waals surface area (Å²) in [6, 6.07) is 0. The van der Waals surface area contributed by atoms with Gasteiger partial charge in [0.15, 0.2) is 0 Å². The van der Waals surface area contributed by atoms with Crippen molar-refractivity contribution in [1.29, 1.82) is 0 Å². The van der Waals surface area contributed by atoms with E-state index in [0.717, 1.165) is 0 Å². The van der Waals surface area contributed by atoms with Crippen LogP contribution in [0.3, 0.4) is 0 Å². The normalized spacial score (nSPS) is 11.2. The van der Waals surface area contributed by atoms with Crippen molar-refractivity contribution in [3.8, 4) is 0 Å². The Kier molecular flexibility index (Phi) is 26.9. The summed E-state index contributed by atoms with van der Waals surface area (Å²) in [5, 5.41) is 91.1. The molecule has 0 aliphatic heterocycles. The standard InChI is InChI=1S/4CH5O3P.Au.ClH/c4*2-1(3,4)5;;/h4*2-4H,5H2;;1H/q;;;;+1;/p-1. The quantitative estimate of drug-likeness (QED) is 0.0693. The summed E-state index contributed by atoms with van der Waals surface area (Å²) >= 11 is 1.75. The molecule has 0 spiro atoms. The molecule has 0 bridgehead atoms. The van der Waals surface area contributed by atoms with Crippen LogP contribution >= 0.6 is 46.1 Å². The molecule has 146 valence electrons. The van der Waals surface area contributed by atoms with Crippen molar-refractivity contribution in [1.82, 2.24) is 0 Å². The first-order valence-corrected chi connectivity index (χ1v) is 8.95. The molecule has 22 heavy (non-hydrogen) atoms. The first-order chi connectivity index (χ1) is 9.00. The van der Waals surface area contributed by atoms with E-state index in [1.165, 1.54) is 37.0 Å². The van der Waals surface area contributed by atoms with Gasteiger partial charge in [-0.25, -0.2) is 0 Å². The van der Waals surface area contributed by atoms with Gasteiger partial charge in [0.2, 0.25) is 0 Å². The van der Waals surface area contributed by atoms with Crippen molar-refractivity contribution in [2.45, 2.75) is 22.9 Å². The molecule has 12 N–H and O–H groups in total. The first-order valence-electron chi connectivity index (χ1n) is 3.95. The van der Waals surface area contributed by atoms with E-state index in [4.69, 9.17) is 61.3 Å². The van der Waals surface area contributed by atoms with Gasteiger partial charge in [-0.1, -0.05) is 0 Å². The van der Waals surface area contributed by atoms with Crippen molar-refractivity contribution >= 4 is 46.1 Å². The number of aliphatic hydroxyl groups is 12. The predicted molar refractivity (Wildman–Crippen MR) is 82.2 cm³/mol. The minimum atomic E-state index is -2.58. The molecule has 0 saturated carbocycles. The van der Waals surface area contributed by atoms with Gasteiger partial charge in [0.25, 0.3) is 22.9 Å². The van der Waals surface area contributed by atoms with E-state index < -0.39 is 22.9 Å². The summed E-state index contributed by atoms with van der Waals surface area (Å²) in [6.07, 6.45) is 0. The first kappa shape index (κ1) is 35.4. The fourth-order valence-corrected chi connectivity index (χ4v) is 0. The van der Waals surface area contributed by atoms with Crippen LogP contribution in [0, 0.1) is 0 Å². The van der Waals surface area contributed by atoms with Gasteiger partial charge in [0, 0.05) is 0 Å². The number of hydrogen-bond donors (Lipinski definition) is 12. The topological polar surface area (TPSA) is 243 Å². The monoisotopic (exact) mass is 616 g/mol. The molecule has 4 unspecified atom stereocenters. The second-order valence-corrected chi connectivity index (χ2v) is 5.85. The van der Waals surface area contributed by atoms with Crippen LogP contribution in [0.25, 0.3) is 0 Å². The van der Waals surface area contributed by atoms with E-state index in [0.29, 0.717) is 0 Å². The van der Waals surface area contributed by atoms with Crippen LogP contribution in [0.15, 0.2) is 0 Å². The Morgan fingerprint density at radius 2 is 0.409 bits per heavy atom. The molecule has 0 aliphatic carbocycles. The molecular weight excluding hydrogens is 596 g/mol. The molecule has 0 saturated heterocycles. The average Bonchev–Trinajstić information content (AvgIpc) is 1.92. The zero-order chi connectivity index (χ0) is 20.0. The molecule has 0 amide bonds. The summed E-state index contributed by atoms with van der Waals surface area (Å²) in [6.45, 7) is 0. The van der Waals surface area contributed by atoms with Gasteiger partial charge >= 0.3 is 29.2 Å². The fraction of sp³-hybridized carbons (Fsp3) is 1.00. The van der Waals surface area contributed by atoms with Crippen LogP contribution in [0.4, 0.5) is 0 Å². The van der Waals surface area contributed by atoms with Crippen molar-refractivity contribution in [2.75, 3.05) is 0 Å². The Hall–Kier alpha value is 2.27. The van der Waals surface area contributed by atoms with Gasteiger partial charge < -0.3 is 61.3 Å². The van der Waals surface area contributed by atoms with E-state index in [2.05, 4.69) is 9.19 Å². The zero-order valence-corrected chi connectivity index (χ0v) is 17.9. The number of halogens is 1. The third-order valence-corrected chi connectivity index (χ3v) is 0. The van der Waals surface area contributed by atoms with Gasteiger partial charge in [0.1, 0.15) is 0 Å². The van der Waals surface area contributed by atoms with E-state index in [1.54, 1.807) is 20.0 Å². The van der Waals surface area contributed by atoms with Crippen LogP contribution in [-0.4, -0.2) is 84.1 Å². The molecule has 0 heterocycles. The average molecular weight is 617 g/mol. The van der Waals surface area contributed by atoms with Crippen molar-refractivity contribution in [3.63, 3.8) is 0 Å². The fourth-order valence-electron chi connectivity index (χ4n) is 0. The molecule has 0 aromatic heterocycles. The van der Waals surface area contributed by atoms with E-state index >= 15 is 0 Å². The van der Waals surface area contributed by atoms with E-state index in [1.807, 2.05) is 0 Å². The SMILES string of the molecule is OC(O)(O)P.OC(O)(O)P.OC(O)(O)P.OC(O)(O)P.[Cl][Au]. The van der Waals surface area contributed by atoms with E-state index in [9.17, 15) is 0 Å². The summed E-state index contributed by atoms with van der Waals surface area (Å²) in [4.78, 5) is 0. The summed E-state index contributed by atoms with van der Waals surface area (Å²) < 4.78 is 0. The molecule has 0 fully saturated rings. The van der Waals surface area contributed by atoms with Crippen LogP contribution in [0.2, 0.25) is 0 Å². The van der Waals surface area contributed by atoms with Crippen LogP contribution in [-0.2, 0) is 20.0 Å². The number of hydrogen-bond acceptors (Lipinski definition) is 12. The molecule has 0 radical (unpaired) electrons. The molecule has 4 atom stereocenters. The Morgan fingerprint density at radius 1 is 0.409 bits per heavy atom. The maximum absolute atomic E-state index is 7.59. The summed E-state index contributed by atoms with van der Waals surface area (Å²) in [5.74, 6) is 0. The van der Waals surface area contributed by atoms with Gasteiger partial charge in [0.05, 0.1) is 0 Å². The van der Waals surface area contributed by atoms with Crippen LogP contribution in [0.5, 0.6) is 0 Å².